The number of hydrogen-bond acceptors (Lipinski definition) is 4. The number of aromatic nitrogens is 2. The summed E-state index contributed by atoms with van der Waals surface area (Å²) in [7, 11) is 6.12. The van der Waals surface area contributed by atoms with Gasteiger partial charge in [-0.3, -0.25) is 0 Å². The Labute approximate surface area is 116 Å². The van der Waals surface area contributed by atoms with Gasteiger partial charge in [-0.1, -0.05) is 6.42 Å². The number of nitrogens with zero attached hydrogens (tertiary/aromatic N) is 4. The summed E-state index contributed by atoms with van der Waals surface area (Å²) >= 11 is 0. The second kappa shape index (κ2) is 5.92. The van der Waals surface area contributed by atoms with Crippen LogP contribution in [0.15, 0.2) is 6.20 Å². The van der Waals surface area contributed by atoms with Crippen LogP contribution in [0.4, 0.5) is 5.95 Å². The van der Waals surface area contributed by atoms with Crippen molar-refractivity contribution in [1.82, 2.24) is 20.0 Å². The Morgan fingerprint density at radius 2 is 1.95 bits per heavy atom. The van der Waals surface area contributed by atoms with E-state index in [-0.39, 0.29) is 0 Å². The Balaban J connectivity index is 1.98. The monoisotopic (exact) mass is 265 g/mol. The lowest BCUT2D eigenvalue weighted by Gasteiger charge is -2.39. The van der Waals surface area contributed by atoms with Crippen molar-refractivity contribution < 1.29 is 0 Å². The van der Waals surface area contributed by atoms with Crippen LogP contribution in [0.25, 0.3) is 0 Å². The first kappa shape index (κ1) is 14.3. The molecule has 2 atom stereocenters. The van der Waals surface area contributed by atoms with Gasteiger partial charge in [0.2, 0.25) is 5.95 Å². The molecule has 1 aliphatic rings. The number of hydrogen-bond donors (Lipinski definition) is 1. The molecule has 5 nitrogen and oxygen atoms in total. The van der Waals surface area contributed by atoms with Gasteiger partial charge in [0, 0.05) is 33.2 Å². The van der Waals surface area contributed by atoms with Gasteiger partial charge in [0.05, 0.1) is 18.4 Å². The Morgan fingerprint density at radius 1 is 1.32 bits per heavy atom. The molecule has 108 valence electrons. The number of anilines is 1. The molecule has 0 aliphatic carbocycles. The molecule has 0 saturated carbocycles. The largest absolute Gasteiger partial charge is 0.348 e. The van der Waals surface area contributed by atoms with Crippen molar-refractivity contribution in [2.75, 3.05) is 19.0 Å². The molecule has 2 rings (SSSR count). The predicted octanol–water partition coefficient (Wildman–Crippen LogP) is 1.75. The minimum atomic E-state index is 0.616. The summed E-state index contributed by atoms with van der Waals surface area (Å²) < 4.78 is 2.15. The molecule has 19 heavy (non-hydrogen) atoms. The number of nitrogens with one attached hydrogen (secondary N) is 1. The van der Waals surface area contributed by atoms with E-state index in [2.05, 4.69) is 40.9 Å². The van der Waals surface area contributed by atoms with Gasteiger partial charge < -0.3 is 9.47 Å². The summed E-state index contributed by atoms with van der Waals surface area (Å²) in [4.78, 5) is 6.48. The molecular weight excluding hydrogens is 238 g/mol. The fourth-order valence-corrected chi connectivity index (χ4v) is 2.92. The molecule has 1 N–H and O–H groups in total. The highest BCUT2D eigenvalue weighted by atomic mass is 15.5. The first-order chi connectivity index (χ1) is 9.00. The smallest absolute Gasteiger partial charge is 0.204 e. The third-order valence-corrected chi connectivity index (χ3v) is 4.10. The standard InChI is InChI=1S/C14H27N5/c1-11-7-6-8-12(2)19(11)16-10-13-9-15-14(17(3)4)18(13)5/h9,11-12,16H,6-8,10H2,1-5H3. The van der Waals surface area contributed by atoms with Gasteiger partial charge in [0.15, 0.2) is 0 Å². The van der Waals surface area contributed by atoms with E-state index in [0.717, 1.165) is 12.5 Å². The van der Waals surface area contributed by atoms with E-state index in [0.29, 0.717) is 12.1 Å². The molecule has 0 aromatic carbocycles. The third kappa shape index (κ3) is 3.09. The van der Waals surface area contributed by atoms with Crippen molar-refractivity contribution in [2.45, 2.75) is 51.7 Å². The molecule has 1 fully saturated rings. The van der Waals surface area contributed by atoms with Crippen LogP contribution in [0.3, 0.4) is 0 Å². The number of piperidine rings is 1. The van der Waals surface area contributed by atoms with Crippen molar-refractivity contribution in [1.29, 1.82) is 0 Å². The number of rotatable bonds is 4. The Morgan fingerprint density at radius 3 is 2.47 bits per heavy atom. The molecule has 1 aromatic rings. The molecule has 1 aromatic heterocycles. The lowest BCUT2D eigenvalue weighted by Crippen LogP contribution is -2.51. The van der Waals surface area contributed by atoms with E-state index >= 15 is 0 Å². The molecule has 0 amide bonds. The van der Waals surface area contributed by atoms with Crippen molar-refractivity contribution in [2.24, 2.45) is 7.05 Å². The Bertz CT molecular complexity index is 402. The summed E-state index contributed by atoms with van der Waals surface area (Å²) in [6, 6.07) is 1.23. The fourth-order valence-electron chi connectivity index (χ4n) is 2.92. The molecule has 2 unspecified atom stereocenters. The van der Waals surface area contributed by atoms with Crippen molar-refractivity contribution in [3.8, 4) is 0 Å². The van der Waals surface area contributed by atoms with Gasteiger partial charge in [-0.05, 0) is 26.7 Å². The number of imidazole rings is 1. The van der Waals surface area contributed by atoms with E-state index < -0.39 is 0 Å². The molecule has 5 heteroatoms. The van der Waals surface area contributed by atoms with Gasteiger partial charge in [-0.25, -0.2) is 15.4 Å². The minimum Gasteiger partial charge on any atom is -0.348 e. The second-order valence-corrected chi connectivity index (χ2v) is 5.87. The predicted molar refractivity (Wildman–Crippen MR) is 79.0 cm³/mol. The molecule has 0 radical (unpaired) electrons. The van der Waals surface area contributed by atoms with E-state index in [1.807, 2.05) is 25.2 Å². The topological polar surface area (TPSA) is 36.3 Å². The molecule has 0 bridgehead atoms. The zero-order valence-corrected chi connectivity index (χ0v) is 12.8. The highest BCUT2D eigenvalue weighted by Crippen LogP contribution is 2.20. The molecule has 1 saturated heterocycles. The van der Waals surface area contributed by atoms with Gasteiger partial charge in [-0.15, -0.1) is 0 Å². The molecular formula is C14H27N5. The average Bonchev–Trinajstić information content (AvgIpc) is 2.70. The maximum Gasteiger partial charge on any atom is 0.204 e. The van der Waals surface area contributed by atoms with Crippen LogP contribution < -0.4 is 10.3 Å². The SMILES string of the molecule is CC1CCCC(C)N1NCc1cnc(N(C)C)n1C. The molecule has 1 aliphatic heterocycles. The van der Waals surface area contributed by atoms with Crippen LogP contribution in [-0.4, -0.2) is 40.7 Å². The van der Waals surface area contributed by atoms with E-state index in [9.17, 15) is 0 Å². The third-order valence-electron chi connectivity index (χ3n) is 4.10. The molecule has 0 spiro atoms. The first-order valence-corrected chi connectivity index (χ1v) is 7.20. The zero-order chi connectivity index (χ0) is 14.0. The van der Waals surface area contributed by atoms with E-state index in [4.69, 9.17) is 0 Å². The average molecular weight is 265 g/mol. The molecule has 2 heterocycles. The normalized spacial score (nSPS) is 24.7. The van der Waals surface area contributed by atoms with Crippen LogP contribution in [-0.2, 0) is 13.6 Å². The highest BCUT2D eigenvalue weighted by molar-refractivity contribution is 5.30. The maximum absolute atomic E-state index is 4.45. The Hall–Kier alpha value is -1.07. The lowest BCUT2D eigenvalue weighted by atomic mass is 10.00. The van der Waals surface area contributed by atoms with Crippen LogP contribution in [0.1, 0.15) is 38.8 Å². The summed E-state index contributed by atoms with van der Waals surface area (Å²) in [5.74, 6) is 0.997. The summed E-state index contributed by atoms with van der Waals surface area (Å²) in [5.41, 5.74) is 4.80. The van der Waals surface area contributed by atoms with Gasteiger partial charge in [0.25, 0.3) is 0 Å². The summed E-state index contributed by atoms with van der Waals surface area (Å²) in [6.07, 6.45) is 5.87. The van der Waals surface area contributed by atoms with E-state index in [1.54, 1.807) is 0 Å². The van der Waals surface area contributed by atoms with Crippen LogP contribution in [0.2, 0.25) is 0 Å². The zero-order valence-electron chi connectivity index (χ0n) is 12.8. The fraction of sp³-hybridized carbons (Fsp3) is 0.786. The number of hydrazine groups is 1. The second-order valence-electron chi connectivity index (χ2n) is 5.87. The Kier molecular flexibility index (Phi) is 4.47. The highest BCUT2D eigenvalue weighted by Gasteiger charge is 2.24. The van der Waals surface area contributed by atoms with Gasteiger partial charge in [0.1, 0.15) is 0 Å². The van der Waals surface area contributed by atoms with Crippen LogP contribution in [0.5, 0.6) is 0 Å². The summed E-state index contributed by atoms with van der Waals surface area (Å²) in [6.45, 7) is 5.44. The van der Waals surface area contributed by atoms with Gasteiger partial charge >= 0.3 is 0 Å². The van der Waals surface area contributed by atoms with Crippen molar-refractivity contribution >= 4 is 5.95 Å². The van der Waals surface area contributed by atoms with Crippen molar-refractivity contribution in [3.05, 3.63) is 11.9 Å². The van der Waals surface area contributed by atoms with Crippen LogP contribution >= 0.6 is 0 Å². The lowest BCUT2D eigenvalue weighted by molar-refractivity contribution is 0.0428. The van der Waals surface area contributed by atoms with Crippen molar-refractivity contribution in [3.63, 3.8) is 0 Å². The van der Waals surface area contributed by atoms with Crippen LogP contribution in [0, 0.1) is 0 Å². The van der Waals surface area contributed by atoms with Gasteiger partial charge in [-0.2, -0.15) is 0 Å². The summed E-state index contributed by atoms with van der Waals surface area (Å²) in [5, 5.41) is 2.41. The quantitative estimate of drug-likeness (QED) is 0.900. The maximum atomic E-state index is 4.45. The minimum absolute atomic E-state index is 0.616. The first-order valence-electron chi connectivity index (χ1n) is 7.20. The van der Waals surface area contributed by atoms with E-state index in [1.165, 1.54) is 25.0 Å².